The van der Waals surface area contributed by atoms with Crippen LogP contribution in [0.5, 0.6) is 0 Å². The van der Waals surface area contributed by atoms with Gasteiger partial charge in [-0.3, -0.25) is 0 Å². The number of nitrogens with zero attached hydrogens (tertiary/aromatic N) is 1. The van der Waals surface area contributed by atoms with Crippen molar-refractivity contribution in [3.63, 3.8) is 0 Å². The first-order valence-corrected chi connectivity index (χ1v) is 5.83. The molecule has 0 amide bonds. The Hall–Kier alpha value is -0.0500. The zero-order valence-electron chi connectivity index (χ0n) is 6.96. The lowest BCUT2D eigenvalue weighted by Gasteiger charge is -2.16. The van der Waals surface area contributed by atoms with E-state index < -0.39 is 0 Å². The van der Waals surface area contributed by atoms with Crippen LogP contribution in [0.25, 0.3) is 0 Å². The van der Waals surface area contributed by atoms with Crippen LogP contribution < -0.4 is 4.31 Å². The number of hydrogen-bond donors (Lipinski definition) is 0. The van der Waals surface area contributed by atoms with Gasteiger partial charge in [-0.2, -0.15) is 0 Å². The molecule has 0 unspecified atom stereocenters. The van der Waals surface area contributed by atoms with Crippen molar-refractivity contribution in [1.82, 2.24) is 0 Å². The summed E-state index contributed by atoms with van der Waals surface area (Å²) in [5.41, 5.74) is 1.15. The van der Waals surface area contributed by atoms with Gasteiger partial charge < -0.3 is 4.31 Å². The molecule has 1 saturated heterocycles. The molecule has 1 aromatic carbocycles. The molecule has 70 valence electrons. The Morgan fingerprint density at radius 2 is 2.08 bits per heavy atom. The molecule has 1 fully saturated rings. The van der Waals surface area contributed by atoms with Crippen LogP contribution in [0.2, 0.25) is 10.0 Å². The number of rotatable bonds is 1. The first kappa shape index (κ1) is 9.50. The number of hydrogen-bond acceptors (Lipinski definition) is 2. The molecule has 13 heavy (non-hydrogen) atoms. The molecule has 0 aliphatic carbocycles. The van der Waals surface area contributed by atoms with E-state index in [1.807, 2.05) is 30.1 Å². The molecular weight excluding hydrogens is 225 g/mol. The van der Waals surface area contributed by atoms with Gasteiger partial charge in [-0.1, -0.05) is 23.2 Å². The number of anilines is 1. The lowest BCUT2D eigenvalue weighted by molar-refractivity contribution is 0.989. The highest BCUT2D eigenvalue weighted by atomic mass is 35.5. The third-order valence-electron chi connectivity index (χ3n) is 1.94. The van der Waals surface area contributed by atoms with Crippen molar-refractivity contribution in [1.29, 1.82) is 0 Å². The maximum atomic E-state index is 5.92. The Morgan fingerprint density at radius 1 is 1.23 bits per heavy atom. The molecule has 1 aliphatic rings. The fourth-order valence-electron chi connectivity index (χ4n) is 1.29. The maximum Gasteiger partial charge on any atom is 0.0613 e. The van der Waals surface area contributed by atoms with Crippen molar-refractivity contribution < 1.29 is 0 Å². The Bertz CT molecular complexity index is 310. The van der Waals surface area contributed by atoms with Gasteiger partial charge in [-0.25, -0.2) is 0 Å². The summed E-state index contributed by atoms with van der Waals surface area (Å²) in [5, 5.41) is 1.25. The third-order valence-corrected chi connectivity index (χ3v) is 3.86. The largest absolute Gasteiger partial charge is 0.316 e. The molecule has 0 aromatic heterocycles. The van der Waals surface area contributed by atoms with Crippen LogP contribution in [-0.2, 0) is 0 Å². The second-order valence-corrected chi connectivity index (χ2v) is 4.81. The lowest BCUT2D eigenvalue weighted by Crippen LogP contribution is -2.08. The summed E-state index contributed by atoms with van der Waals surface area (Å²) in [6.45, 7) is 1.10. The molecule has 0 saturated carbocycles. The summed E-state index contributed by atoms with van der Waals surface area (Å²) in [4.78, 5) is 0. The van der Waals surface area contributed by atoms with E-state index >= 15 is 0 Å². The zero-order chi connectivity index (χ0) is 9.26. The van der Waals surface area contributed by atoms with E-state index in [0.717, 1.165) is 12.2 Å². The molecular formula is C9H9Cl2NS. The Morgan fingerprint density at radius 3 is 2.69 bits per heavy atom. The highest BCUT2D eigenvalue weighted by Gasteiger charge is 2.13. The van der Waals surface area contributed by atoms with Gasteiger partial charge in [-0.15, -0.1) is 0 Å². The van der Waals surface area contributed by atoms with E-state index in [1.54, 1.807) is 0 Å². The topological polar surface area (TPSA) is 3.24 Å². The van der Waals surface area contributed by atoms with Crippen molar-refractivity contribution in [2.45, 2.75) is 6.42 Å². The summed E-state index contributed by atoms with van der Waals surface area (Å²) in [6.07, 6.45) is 1.24. The lowest BCUT2D eigenvalue weighted by atomic mass is 10.3. The van der Waals surface area contributed by atoms with Gasteiger partial charge in [0, 0.05) is 18.0 Å². The van der Waals surface area contributed by atoms with Crippen molar-refractivity contribution in [3.05, 3.63) is 28.2 Å². The van der Waals surface area contributed by atoms with E-state index in [0.29, 0.717) is 10.0 Å². The van der Waals surface area contributed by atoms with E-state index in [-0.39, 0.29) is 0 Å². The molecule has 1 aromatic rings. The van der Waals surface area contributed by atoms with Crippen LogP contribution in [0.3, 0.4) is 0 Å². The minimum atomic E-state index is 0.620. The summed E-state index contributed by atoms with van der Waals surface area (Å²) >= 11 is 13.6. The molecule has 4 heteroatoms. The number of halogens is 2. The van der Waals surface area contributed by atoms with Crippen molar-refractivity contribution in [2.24, 2.45) is 0 Å². The summed E-state index contributed by atoms with van der Waals surface area (Å²) in [6, 6.07) is 5.77. The smallest absolute Gasteiger partial charge is 0.0613 e. The Kier molecular flexibility index (Phi) is 2.92. The fourth-order valence-corrected chi connectivity index (χ4v) is 2.58. The van der Waals surface area contributed by atoms with Crippen molar-refractivity contribution >= 4 is 40.8 Å². The Labute approximate surface area is 92.1 Å². The Balaban J connectivity index is 2.25. The average Bonchev–Trinajstić information content (AvgIpc) is 2.62. The summed E-state index contributed by atoms with van der Waals surface area (Å²) in [5.74, 6) is 1.19. The minimum Gasteiger partial charge on any atom is -0.316 e. The summed E-state index contributed by atoms with van der Waals surface area (Å²) < 4.78 is 2.25. The van der Waals surface area contributed by atoms with E-state index in [9.17, 15) is 0 Å². The molecule has 2 rings (SSSR count). The van der Waals surface area contributed by atoms with Crippen LogP contribution in [0.15, 0.2) is 18.2 Å². The van der Waals surface area contributed by atoms with Crippen LogP contribution in [0, 0.1) is 0 Å². The van der Waals surface area contributed by atoms with Gasteiger partial charge in [0.25, 0.3) is 0 Å². The molecule has 0 atom stereocenters. The zero-order valence-corrected chi connectivity index (χ0v) is 9.29. The average molecular weight is 234 g/mol. The first-order valence-electron chi connectivity index (χ1n) is 4.13. The van der Waals surface area contributed by atoms with Gasteiger partial charge in [-0.05, 0) is 36.6 Å². The molecule has 1 aliphatic heterocycles. The first-order chi connectivity index (χ1) is 6.27. The second-order valence-electron chi connectivity index (χ2n) is 2.89. The summed E-state index contributed by atoms with van der Waals surface area (Å²) in [7, 11) is 0. The predicted octanol–water partition coefficient (Wildman–Crippen LogP) is 3.85. The van der Waals surface area contributed by atoms with E-state index in [4.69, 9.17) is 23.2 Å². The standard InChI is InChI=1S/C9H9Cl2NS/c10-8-3-2-7(6-9(8)11)12-4-1-5-13-12/h2-3,6H,1,4-5H2. The third kappa shape index (κ3) is 2.06. The monoisotopic (exact) mass is 233 g/mol. The normalized spacial score (nSPS) is 16.6. The molecule has 1 nitrogen and oxygen atoms in total. The van der Waals surface area contributed by atoms with Crippen molar-refractivity contribution in [2.75, 3.05) is 16.6 Å². The molecule has 0 spiro atoms. The highest BCUT2D eigenvalue weighted by molar-refractivity contribution is 8.00. The van der Waals surface area contributed by atoms with Gasteiger partial charge in [0.2, 0.25) is 0 Å². The van der Waals surface area contributed by atoms with Crippen LogP contribution in [-0.4, -0.2) is 12.3 Å². The maximum absolute atomic E-state index is 5.92. The van der Waals surface area contributed by atoms with Gasteiger partial charge in [0.15, 0.2) is 0 Å². The van der Waals surface area contributed by atoms with E-state index in [2.05, 4.69) is 4.31 Å². The molecule has 1 heterocycles. The number of benzene rings is 1. The van der Waals surface area contributed by atoms with Gasteiger partial charge >= 0.3 is 0 Å². The fraction of sp³-hybridized carbons (Fsp3) is 0.333. The van der Waals surface area contributed by atoms with Gasteiger partial charge in [0.1, 0.15) is 0 Å². The SMILES string of the molecule is Clc1ccc(N2CCCS2)cc1Cl. The minimum absolute atomic E-state index is 0.620. The molecule has 0 bridgehead atoms. The van der Waals surface area contributed by atoms with Crippen LogP contribution >= 0.6 is 35.1 Å². The van der Waals surface area contributed by atoms with Crippen LogP contribution in [0.4, 0.5) is 5.69 Å². The quantitative estimate of drug-likeness (QED) is 0.679. The highest BCUT2D eigenvalue weighted by Crippen LogP contribution is 2.32. The second kappa shape index (κ2) is 3.99. The van der Waals surface area contributed by atoms with E-state index in [1.165, 1.54) is 12.2 Å². The molecule has 0 N–H and O–H groups in total. The molecule has 0 radical (unpaired) electrons. The van der Waals surface area contributed by atoms with Crippen molar-refractivity contribution in [3.8, 4) is 0 Å². The predicted molar refractivity (Wildman–Crippen MR) is 60.9 cm³/mol. The van der Waals surface area contributed by atoms with Gasteiger partial charge in [0.05, 0.1) is 10.0 Å². The van der Waals surface area contributed by atoms with Crippen LogP contribution in [0.1, 0.15) is 6.42 Å².